The van der Waals surface area contributed by atoms with Gasteiger partial charge in [0.25, 0.3) is 5.91 Å². The lowest BCUT2D eigenvalue weighted by molar-refractivity contribution is -0.117. The molecule has 23 heavy (non-hydrogen) atoms. The molecule has 116 valence electrons. The van der Waals surface area contributed by atoms with Gasteiger partial charge in [0.2, 0.25) is 0 Å². The highest BCUT2D eigenvalue weighted by molar-refractivity contribution is 6.15. The number of halogens is 1. The van der Waals surface area contributed by atoms with Crippen LogP contribution in [0.1, 0.15) is 18.5 Å². The second-order valence-corrected chi connectivity index (χ2v) is 5.14. The number of anilines is 1. The maximum atomic E-state index is 13.6. The van der Waals surface area contributed by atoms with Crippen LogP contribution in [0.5, 0.6) is 0 Å². The number of benzene rings is 1. The van der Waals surface area contributed by atoms with E-state index < -0.39 is 29.3 Å². The van der Waals surface area contributed by atoms with Crippen LogP contribution in [0.15, 0.2) is 60.0 Å². The Balaban J connectivity index is 2.20. The quantitative estimate of drug-likeness (QED) is 0.946. The fourth-order valence-electron chi connectivity index (χ4n) is 2.69. The first-order chi connectivity index (χ1) is 11.0. The zero-order chi connectivity index (χ0) is 16.6. The predicted molar refractivity (Wildman–Crippen MR) is 81.2 cm³/mol. The molecule has 0 bridgehead atoms. The SMILES string of the molecule is CC(=O)C1=C(O)C(=O)N(c2ccccn2)[C@H]1c1cccc(F)c1. The zero-order valence-corrected chi connectivity index (χ0v) is 12.2. The van der Waals surface area contributed by atoms with Gasteiger partial charge >= 0.3 is 0 Å². The fraction of sp³-hybridized carbons (Fsp3) is 0.118. The topological polar surface area (TPSA) is 70.5 Å². The normalized spacial score (nSPS) is 17.7. The number of rotatable bonds is 3. The van der Waals surface area contributed by atoms with Crippen LogP contribution in [0.3, 0.4) is 0 Å². The highest BCUT2D eigenvalue weighted by Gasteiger charge is 2.43. The standard InChI is InChI=1S/C17H13FN2O3/c1-10(21)14-15(11-5-4-6-12(18)9-11)20(17(23)16(14)22)13-7-2-3-8-19-13/h2-9,15,22H,1H3/t15-/m0/s1. The van der Waals surface area contributed by atoms with Crippen molar-refractivity contribution in [2.75, 3.05) is 4.90 Å². The molecule has 2 aromatic rings. The zero-order valence-electron chi connectivity index (χ0n) is 12.2. The molecule has 1 aliphatic rings. The number of nitrogens with zero attached hydrogens (tertiary/aromatic N) is 2. The molecule has 5 nitrogen and oxygen atoms in total. The third kappa shape index (κ3) is 2.48. The number of aliphatic hydroxyl groups is 1. The van der Waals surface area contributed by atoms with E-state index in [1.165, 1.54) is 36.2 Å². The molecule has 0 aliphatic carbocycles. The fourth-order valence-corrected chi connectivity index (χ4v) is 2.69. The predicted octanol–water partition coefficient (Wildman–Crippen LogP) is 2.71. The number of aromatic nitrogens is 1. The molecule has 0 unspecified atom stereocenters. The van der Waals surface area contributed by atoms with Gasteiger partial charge in [0.15, 0.2) is 11.5 Å². The number of ketones is 1. The van der Waals surface area contributed by atoms with Gasteiger partial charge in [-0.15, -0.1) is 0 Å². The highest BCUT2D eigenvalue weighted by Crippen LogP contribution is 2.40. The molecule has 0 fully saturated rings. The van der Waals surface area contributed by atoms with Crippen LogP contribution in [0.2, 0.25) is 0 Å². The molecule has 3 rings (SSSR count). The Morgan fingerprint density at radius 2 is 2.04 bits per heavy atom. The monoisotopic (exact) mass is 312 g/mol. The van der Waals surface area contributed by atoms with Crippen molar-refractivity contribution in [1.29, 1.82) is 0 Å². The van der Waals surface area contributed by atoms with E-state index in [4.69, 9.17) is 0 Å². The highest BCUT2D eigenvalue weighted by atomic mass is 19.1. The number of hydrogen-bond acceptors (Lipinski definition) is 4. The van der Waals surface area contributed by atoms with Crippen LogP contribution in [0.4, 0.5) is 10.2 Å². The van der Waals surface area contributed by atoms with Gasteiger partial charge in [-0.25, -0.2) is 9.37 Å². The van der Waals surface area contributed by atoms with E-state index in [1.54, 1.807) is 24.3 Å². The van der Waals surface area contributed by atoms with Crippen LogP contribution in [-0.4, -0.2) is 21.8 Å². The van der Waals surface area contributed by atoms with Crippen molar-refractivity contribution in [3.05, 3.63) is 71.4 Å². The summed E-state index contributed by atoms with van der Waals surface area (Å²) in [6.45, 7) is 1.26. The first-order valence-corrected chi connectivity index (χ1v) is 6.95. The minimum atomic E-state index is -0.911. The van der Waals surface area contributed by atoms with Crippen LogP contribution in [0.25, 0.3) is 0 Å². The molecule has 1 aromatic heterocycles. The number of amides is 1. The first-order valence-electron chi connectivity index (χ1n) is 6.95. The molecule has 2 heterocycles. The molecular formula is C17H13FN2O3. The summed E-state index contributed by atoms with van der Waals surface area (Å²) in [5, 5.41) is 10.1. The second kappa shape index (κ2) is 5.64. The van der Waals surface area contributed by atoms with Crippen molar-refractivity contribution in [2.45, 2.75) is 13.0 Å². The summed E-state index contributed by atoms with van der Waals surface area (Å²) < 4.78 is 13.6. The number of aliphatic hydroxyl groups excluding tert-OH is 1. The molecule has 1 aromatic carbocycles. The molecule has 0 spiro atoms. The summed E-state index contributed by atoms with van der Waals surface area (Å²) in [5.41, 5.74) is 0.324. The van der Waals surface area contributed by atoms with Crippen molar-refractivity contribution < 1.29 is 19.1 Å². The van der Waals surface area contributed by atoms with E-state index in [2.05, 4.69) is 4.98 Å². The summed E-state index contributed by atoms with van der Waals surface area (Å²) in [7, 11) is 0. The van der Waals surface area contributed by atoms with Gasteiger partial charge in [-0.2, -0.15) is 0 Å². The minimum Gasteiger partial charge on any atom is -0.503 e. The Kier molecular flexibility index (Phi) is 3.65. The lowest BCUT2D eigenvalue weighted by Gasteiger charge is -2.25. The number of carbonyl (C=O) groups excluding carboxylic acids is 2. The summed E-state index contributed by atoms with van der Waals surface area (Å²) in [6.07, 6.45) is 1.49. The molecule has 1 amide bonds. The summed E-state index contributed by atoms with van der Waals surface area (Å²) in [6, 6.07) is 9.61. The molecule has 1 aliphatic heterocycles. The minimum absolute atomic E-state index is 0.0637. The van der Waals surface area contributed by atoms with E-state index in [1.807, 2.05) is 0 Å². The van der Waals surface area contributed by atoms with Gasteiger partial charge in [-0.1, -0.05) is 18.2 Å². The Labute approximate surface area is 131 Å². The Morgan fingerprint density at radius 1 is 1.26 bits per heavy atom. The Bertz CT molecular complexity index is 818. The largest absolute Gasteiger partial charge is 0.503 e. The Hall–Kier alpha value is -3.02. The average molecular weight is 312 g/mol. The summed E-state index contributed by atoms with van der Waals surface area (Å²) in [4.78, 5) is 29.7. The van der Waals surface area contributed by atoms with E-state index >= 15 is 0 Å². The second-order valence-electron chi connectivity index (χ2n) is 5.14. The van der Waals surface area contributed by atoms with Crippen molar-refractivity contribution in [3.63, 3.8) is 0 Å². The Morgan fingerprint density at radius 3 is 2.65 bits per heavy atom. The van der Waals surface area contributed by atoms with Crippen LogP contribution < -0.4 is 4.90 Å². The molecule has 1 atom stereocenters. The molecule has 1 N–H and O–H groups in total. The average Bonchev–Trinajstić information content (AvgIpc) is 2.80. The summed E-state index contributed by atoms with van der Waals surface area (Å²) in [5.74, 6) is -2.04. The van der Waals surface area contributed by atoms with E-state index in [9.17, 15) is 19.1 Å². The molecule has 6 heteroatoms. The number of pyridine rings is 1. The molecule has 0 radical (unpaired) electrons. The lowest BCUT2D eigenvalue weighted by Crippen LogP contribution is -2.31. The third-order valence-corrected chi connectivity index (χ3v) is 3.65. The third-order valence-electron chi connectivity index (χ3n) is 3.65. The van der Waals surface area contributed by atoms with Gasteiger partial charge in [0, 0.05) is 6.20 Å². The van der Waals surface area contributed by atoms with Crippen LogP contribution in [0, 0.1) is 5.82 Å². The van der Waals surface area contributed by atoms with Crippen LogP contribution in [-0.2, 0) is 9.59 Å². The van der Waals surface area contributed by atoms with Gasteiger partial charge in [0.1, 0.15) is 11.6 Å². The molecule has 0 saturated carbocycles. The van der Waals surface area contributed by atoms with Crippen molar-refractivity contribution in [3.8, 4) is 0 Å². The van der Waals surface area contributed by atoms with E-state index in [0.717, 1.165) is 0 Å². The number of carbonyl (C=O) groups is 2. The van der Waals surface area contributed by atoms with Gasteiger partial charge in [0.05, 0.1) is 11.6 Å². The maximum absolute atomic E-state index is 13.6. The van der Waals surface area contributed by atoms with Crippen molar-refractivity contribution in [2.24, 2.45) is 0 Å². The lowest BCUT2D eigenvalue weighted by atomic mass is 9.96. The van der Waals surface area contributed by atoms with Crippen molar-refractivity contribution >= 4 is 17.5 Å². The number of Topliss-reactive ketones (excluding diaryl/α,β-unsaturated/α-hetero) is 1. The first kappa shape index (κ1) is 14.9. The van der Waals surface area contributed by atoms with Gasteiger partial charge in [-0.05, 0) is 36.8 Å². The van der Waals surface area contributed by atoms with Crippen LogP contribution >= 0.6 is 0 Å². The van der Waals surface area contributed by atoms with Crippen molar-refractivity contribution in [1.82, 2.24) is 4.98 Å². The van der Waals surface area contributed by atoms with Gasteiger partial charge < -0.3 is 5.11 Å². The van der Waals surface area contributed by atoms with Gasteiger partial charge in [-0.3, -0.25) is 14.5 Å². The number of hydrogen-bond donors (Lipinski definition) is 1. The van der Waals surface area contributed by atoms with E-state index in [-0.39, 0.29) is 11.4 Å². The van der Waals surface area contributed by atoms with E-state index in [0.29, 0.717) is 5.56 Å². The molecule has 0 saturated heterocycles. The summed E-state index contributed by atoms with van der Waals surface area (Å²) >= 11 is 0. The molecular weight excluding hydrogens is 299 g/mol. The smallest absolute Gasteiger partial charge is 0.295 e. The maximum Gasteiger partial charge on any atom is 0.295 e.